The van der Waals surface area contributed by atoms with Gasteiger partial charge in [-0.2, -0.15) is 0 Å². The van der Waals surface area contributed by atoms with Crippen LogP contribution < -0.4 is 4.74 Å². The van der Waals surface area contributed by atoms with Crippen LogP contribution in [0.4, 0.5) is 0 Å². The van der Waals surface area contributed by atoms with E-state index in [-0.39, 0.29) is 0 Å². The zero-order valence-corrected chi connectivity index (χ0v) is 13.5. The number of benzene rings is 1. The van der Waals surface area contributed by atoms with Crippen molar-refractivity contribution in [2.45, 2.75) is 33.6 Å². The van der Waals surface area contributed by atoms with Gasteiger partial charge in [0, 0.05) is 35.8 Å². The maximum absolute atomic E-state index is 6.00. The average molecular weight is 294 g/mol. The first kappa shape index (κ1) is 14.8. The summed E-state index contributed by atoms with van der Waals surface area (Å²) in [5, 5.41) is 0. The Labute approximate surface area is 132 Å². The fraction of sp³-hybridized carbons (Fsp3) is 0.368. The fourth-order valence-electron chi connectivity index (χ4n) is 2.79. The van der Waals surface area contributed by atoms with E-state index in [2.05, 4.69) is 24.0 Å². The second-order valence-electron chi connectivity index (χ2n) is 6.15. The minimum Gasteiger partial charge on any atom is -0.457 e. The van der Waals surface area contributed by atoms with E-state index in [4.69, 9.17) is 9.73 Å². The van der Waals surface area contributed by atoms with Crippen LogP contribution in [0.15, 0.2) is 41.4 Å². The van der Waals surface area contributed by atoms with E-state index in [9.17, 15) is 0 Å². The molecule has 1 atom stereocenters. The summed E-state index contributed by atoms with van der Waals surface area (Å²) in [6.45, 7) is 7.15. The van der Waals surface area contributed by atoms with Gasteiger partial charge in [-0.05, 0) is 50.3 Å². The van der Waals surface area contributed by atoms with Crippen molar-refractivity contribution >= 4 is 5.71 Å². The highest BCUT2D eigenvalue weighted by Gasteiger charge is 2.13. The van der Waals surface area contributed by atoms with Crippen molar-refractivity contribution in [1.82, 2.24) is 4.98 Å². The van der Waals surface area contributed by atoms with Gasteiger partial charge in [-0.25, -0.2) is 0 Å². The Bertz CT molecular complexity index is 686. The molecule has 0 saturated heterocycles. The lowest BCUT2D eigenvalue weighted by atomic mass is 9.96. The third kappa shape index (κ3) is 3.53. The van der Waals surface area contributed by atoms with Gasteiger partial charge < -0.3 is 4.74 Å². The van der Waals surface area contributed by atoms with Crippen LogP contribution in [-0.4, -0.2) is 17.2 Å². The second kappa shape index (κ2) is 6.30. The highest BCUT2D eigenvalue weighted by atomic mass is 16.5. The Hall–Kier alpha value is -2.16. The molecule has 0 spiro atoms. The molecule has 22 heavy (non-hydrogen) atoms. The van der Waals surface area contributed by atoms with E-state index in [1.165, 1.54) is 17.7 Å². The minimum atomic E-state index is 0.700. The lowest BCUT2D eigenvalue weighted by Gasteiger charge is -2.18. The standard InChI is InChI=1S/C19H22N2O/c1-13-7-8-19(20-12-13)16-5-4-6-17(11-16)22-18-9-14(2)21-15(3)10-18/h4-6,9-11,13H,7-8,12H2,1-3H3. The lowest BCUT2D eigenvalue weighted by Crippen LogP contribution is -2.14. The minimum absolute atomic E-state index is 0.700. The molecule has 3 heteroatoms. The van der Waals surface area contributed by atoms with Crippen molar-refractivity contribution < 1.29 is 4.74 Å². The van der Waals surface area contributed by atoms with Gasteiger partial charge in [-0.1, -0.05) is 19.1 Å². The number of nitrogens with zero attached hydrogens (tertiary/aromatic N) is 2. The molecular weight excluding hydrogens is 272 g/mol. The molecule has 1 aromatic heterocycles. The highest BCUT2D eigenvalue weighted by molar-refractivity contribution is 6.01. The van der Waals surface area contributed by atoms with E-state index < -0.39 is 0 Å². The molecule has 0 fully saturated rings. The van der Waals surface area contributed by atoms with E-state index in [0.29, 0.717) is 5.92 Å². The Kier molecular flexibility index (Phi) is 4.23. The molecule has 0 amide bonds. The Morgan fingerprint density at radius 2 is 1.82 bits per heavy atom. The smallest absolute Gasteiger partial charge is 0.131 e. The number of pyridine rings is 1. The predicted molar refractivity (Wildman–Crippen MR) is 90.0 cm³/mol. The largest absolute Gasteiger partial charge is 0.457 e. The maximum atomic E-state index is 6.00. The van der Waals surface area contributed by atoms with Crippen molar-refractivity contribution in [1.29, 1.82) is 0 Å². The van der Waals surface area contributed by atoms with Gasteiger partial charge in [0.15, 0.2) is 0 Å². The van der Waals surface area contributed by atoms with Crippen LogP contribution in [-0.2, 0) is 0 Å². The summed E-state index contributed by atoms with van der Waals surface area (Å²) in [4.78, 5) is 9.08. The first-order valence-electron chi connectivity index (χ1n) is 7.87. The predicted octanol–water partition coefficient (Wildman–Crippen LogP) is 4.71. The second-order valence-corrected chi connectivity index (χ2v) is 6.15. The summed E-state index contributed by atoms with van der Waals surface area (Å²) in [6.07, 6.45) is 2.27. The molecule has 2 aromatic rings. The molecule has 1 aliphatic heterocycles. The molecule has 1 aromatic carbocycles. The molecule has 0 N–H and O–H groups in total. The van der Waals surface area contributed by atoms with E-state index in [1.54, 1.807) is 0 Å². The van der Waals surface area contributed by atoms with E-state index >= 15 is 0 Å². The van der Waals surface area contributed by atoms with Crippen LogP contribution >= 0.6 is 0 Å². The van der Waals surface area contributed by atoms with Gasteiger partial charge in [0.25, 0.3) is 0 Å². The Morgan fingerprint density at radius 3 is 2.50 bits per heavy atom. The number of aryl methyl sites for hydroxylation is 2. The van der Waals surface area contributed by atoms with Crippen molar-refractivity contribution in [3.63, 3.8) is 0 Å². The molecule has 1 aliphatic rings. The number of rotatable bonds is 3. The van der Waals surface area contributed by atoms with E-state index in [1.807, 2.05) is 38.1 Å². The van der Waals surface area contributed by atoms with Crippen LogP contribution in [0, 0.1) is 19.8 Å². The maximum Gasteiger partial charge on any atom is 0.131 e. The van der Waals surface area contributed by atoms with Gasteiger partial charge >= 0.3 is 0 Å². The van der Waals surface area contributed by atoms with Crippen LogP contribution in [0.2, 0.25) is 0 Å². The van der Waals surface area contributed by atoms with Gasteiger partial charge in [-0.3, -0.25) is 9.98 Å². The lowest BCUT2D eigenvalue weighted by molar-refractivity contribution is 0.480. The molecule has 2 heterocycles. The van der Waals surface area contributed by atoms with Crippen LogP contribution in [0.5, 0.6) is 11.5 Å². The van der Waals surface area contributed by atoms with Gasteiger partial charge in [0.05, 0.1) is 0 Å². The first-order valence-corrected chi connectivity index (χ1v) is 7.87. The average Bonchev–Trinajstić information content (AvgIpc) is 2.47. The summed E-state index contributed by atoms with van der Waals surface area (Å²) in [7, 11) is 0. The molecule has 0 radical (unpaired) electrons. The summed E-state index contributed by atoms with van der Waals surface area (Å²) in [5.74, 6) is 2.39. The first-order chi connectivity index (χ1) is 10.6. The molecule has 0 saturated carbocycles. The highest BCUT2D eigenvalue weighted by Crippen LogP contribution is 2.25. The topological polar surface area (TPSA) is 34.5 Å². The Morgan fingerprint density at radius 1 is 1.05 bits per heavy atom. The van der Waals surface area contributed by atoms with E-state index in [0.717, 1.165) is 35.9 Å². The van der Waals surface area contributed by atoms with Crippen molar-refractivity contribution in [2.24, 2.45) is 10.9 Å². The van der Waals surface area contributed by atoms with Gasteiger partial charge in [0.1, 0.15) is 11.5 Å². The summed E-state index contributed by atoms with van der Waals surface area (Å²) in [5.41, 5.74) is 4.31. The van der Waals surface area contributed by atoms with Crippen LogP contribution in [0.3, 0.4) is 0 Å². The number of aliphatic imine (C=N–C) groups is 1. The number of aromatic nitrogens is 1. The fourth-order valence-corrected chi connectivity index (χ4v) is 2.79. The number of ether oxygens (including phenoxy) is 1. The van der Waals surface area contributed by atoms with Crippen LogP contribution in [0.25, 0.3) is 0 Å². The SMILES string of the molecule is Cc1cc(Oc2cccc(C3=NCC(C)CC3)c2)cc(C)n1. The molecular formula is C19H22N2O. The molecule has 3 rings (SSSR count). The van der Waals surface area contributed by atoms with Crippen molar-refractivity contribution in [3.05, 3.63) is 53.3 Å². The van der Waals surface area contributed by atoms with Crippen molar-refractivity contribution in [3.8, 4) is 11.5 Å². The Balaban J connectivity index is 1.82. The summed E-state index contributed by atoms with van der Waals surface area (Å²) >= 11 is 0. The quantitative estimate of drug-likeness (QED) is 0.821. The normalized spacial score (nSPS) is 18.0. The van der Waals surface area contributed by atoms with Crippen molar-refractivity contribution in [2.75, 3.05) is 6.54 Å². The third-order valence-corrected chi connectivity index (χ3v) is 3.93. The van der Waals surface area contributed by atoms with Gasteiger partial charge in [0.2, 0.25) is 0 Å². The number of hydrogen-bond donors (Lipinski definition) is 0. The number of hydrogen-bond acceptors (Lipinski definition) is 3. The molecule has 114 valence electrons. The van der Waals surface area contributed by atoms with Gasteiger partial charge in [-0.15, -0.1) is 0 Å². The molecule has 0 aliphatic carbocycles. The third-order valence-electron chi connectivity index (χ3n) is 3.93. The molecule has 1 unspecified atom stereocenters. The molecule has 0 bridgehead atoms. The summed E-state index contributed by atoms with van der Waals surface area (Å²) in [6, 6.07) is 12.1. The zero-order valence-electron chi connectivity index (χ0n) is 13.5. The molecule has 3 nitrogen and oxygen atoms in total. The summed E-state index contributed by atoms with van der Waals surface area (Å²) < 4.78 is 6.00. The van der Waals surface area contributed by atoms with Crippen LogP contribution in [0.1, 0.15) is 36.7 Å². The zero-order chi connectivity index (χ0) is 15.5. The monoisotopic (exact) mass is 294 g/mol.